The molecular formula is C19H28O4. The largest absolute Gasteiger partial charge is 0.481 e. The van der Waals surface area contributed by atoms with Gasteiger partial charge in [-0.05, 0) is 30.7 Å². The standard InChI is InChI=1S/C19H28O4/c1-6-12-19(16(22)23,13-14-10-8-7-9-11-14)18(5,15(20)21)17(2,3)4/h7-11H,6,12-13H2,1-5H3,(H,20,21)(H,22,23). The van der Waals surface area contributed by atoms with E-state index in [0.29, 0.717) is 12.8 Å². The summed E-state index contributed by atoms with van der Waals surface area (Å²) in [5.41, 5.74) is -2.63. The van der Waals surface area contributed by atoms with Gasteiger partial charge in [-0.3, -0.25) is 9.59 Å². The van der Waals surface area contributed by atoms with Gasteiger partial charge in [0.15, 0.2) is 0 Å². The van der Waals surface area contributed by atoms with Crippen LogP contribution in [0.2, 0.25) is 0 Å². The lowest BCUT2D eigenvalue weighted by molar-refractivity contribution is -0.185. The van der Waals surface area contributed by atoms with E-state index < -0.39 is 28.2 Å². The van der Waals surface area contributed by atoms with E-state index in [1.807, 2.05) is 37.3 Å². The molecule has 0 aliphatic heterocycles. The van der Waals surface area contributed by atoms with Gasteiger partial charge in [-0.15, -0.1) is 0 Å². The van der Waals surface area contributed by atoms with Crippen molar-refractivity contribution in [3.05, 3.63) is 35.9 Å². The van der Waals surface area contributed by atoms with Crippen LogP contribution in [0.25, 0.3) is 0 Å². The Hall–Kier alpha value is -1.84. The monoisotopic (exact) mass is 320 g/mol. The third kappa shape index (κ3) is 3.26. The number of carboxylic acids is 2. The highest BCUT2D eigenvalue weighted by molar-refractivity contribution is 5.87. The van der Waals surface area contributed by atoms with Gasteiger partial charge in [0.1, 0.15) is 0 Å². The van der Waals surface area contributed by atoms with Gasteiger partial charge in [-0.1, -0.05) is 64.4 Å². The first-order chi connectivity index (χ1) is 10.5. The van der Waals surface area contributed by atoms with Crippen LogP contribution in [0.1, 0.15) is 53.0 Å². The normalized spacial score (nSPS) is 17.1. The molecule has 0 fully saturated rings. The third-order valence-electron chi connectivity index (χ3n) is 5.32. The lowest BCUT2D eigenvalue weighted by Crippen LogP contribution is -2.58. The van der Waals surface area contributed by atoms with Gasteiger partial charge in [-0.25, -0.2) is 0 Å². The SMILES string of the molecule is CCCC(Cc1ccccc1)(C(=O)O)C(C)(C(=O)O)C(C)(C)C. The predicted molar refractivity (Wildman–Crippen MR) is 90.3 cm³/mol. The van der Waals surface area contributed by atoms with Crippen LogP contribution < -0.4 is 0 Å². The molecule has 0 saturated carbocycles. The molecule has 0 saturated heterocycles. The first-order valence-electron chi connectivity index (χ1n) is 8.03. The number of aliphatic carboxylic acids is 2. The fraction of sp³-hybridized carbons (Fsp3) is 0.579. The quantitative estimate of drug-likeness (QED) is 0.788. The molecule has 4 heteroatoms. The number of benzene rings is 1. The average molecular weight is 320 g/mol. The summed E-state index contributed by atoms with van der Waals surface area (Å²) in [5, 5.41) is 20.1. The minimum absolute atomic E-state index is 0.205. The molecule has 0 heterocycles. The van der Waals surface area contributed by atoms with Crippen molar-refractivity contribution in [3.8, 4) is 0 Å². The Morgan fingerprint density at radius 2 is 1.48 bits per heavy atom. The maximum Gasteiger partial charge on any atom is 0.311 e. The maximum absolute atomic E-state index is 12.4. The Bertz CT molecular complexity index is 558. The van der Waals surface area contributed by atoms with E-state index in [1.165, 1.54) is 0 Å². The van der Waals surface area contributed by atoms with E-state index in [-0.39, 0.29) is 6.42 Å². The molecule has 1 aromatic carbocycles. The van der Waals surface area contributed by atoms with Gasteiger partial charge in [0, 0.05) is 0 Å². The van der Waals surface area contributed by atoms with E-state index in [9.17, 15) is 19.8 Å². The van der Waals surface area contributed by atoms with Crippen LogP contribution in [0.3, 0.4) is 0 Å². The van der Waals surface area contributed by atoms with Crippen molar-refractivity contribution in [1.29, 1.82) is 0 Å². The Labute approximate surface area is 138 Å². The lowest BCUT2D eigenvalue weighted by atomic mass is 9.50. The predicted octanol–water partition coefficient (Wildman–Crippen LogP) is 4.24. The second-order valence-corrected chi connectivity index (χ2v) is 7.48. The topological polar surface area (TPSA) is 74.6 Å². The van der Waals surface area contributed by atoms with Gasteiger partial charge < -0.3 is 10.2 Å². The summed E-state index contributed by atoms with van der Waals surface area (Å²) >= 11 is 0. The second-order valence-electron chi connectivity index (χ2n) is 7.48. The van der Waals surface area contributed by atoms with Crippen molar-refractivity contribution in [2.75, 3.05) is 0 Å². The number of hydrogen-bond acceptors (Lipinski definition) is 2. The molecule has 0 aliphatic carbocycles. The highest BCUT2D eigenvalue weighted by Gasteiger charge is 2.63. The highest BCUT2D eigenvalue weighted by Crippen LogP contribution is 2.56. The minimum Gasteiger partial charge on any atom is -0.481 e. The zero-order valence-electron chi connectivity index (χ0n) is 14.7. The number of rotatable bonds is 7. The van der Waals surface area contributed by atoms with Crippen LogP contribution in [0, 0.1) is 16.2 Å². The molecule has 1 rings (SSSR count). The summed E-state index contributed by atoms with van der Waals surface area (Å²) in [6.07, 6.45) is 1.13. The molecule has 0 bridgehead atoms. The Kier molecular flexibility index (Phi) is 5.62. The van der Waals surface area contributed by atoms with Crippen molar-refractivity contribution in [1.82, 2.24) is 0 Å². The number of hydrogen-bond donors (Lipinski definition) is 2. The molecule has 1 aromatic rings. The van der Waals surface area contributed by atoms with E-state index in [1.54, 1.807) is 27.7 Å². The maximum atomic E-state index is 12.4. The fourth-order valence-corrected chi connectivity index (χ4v) is 3.53. The van der Waals surface area contributed by atoms with E-state index in [2.05, 4.69) is 0 Å². The van der Waals surface area contributed by atoms with E-state index in [0.717, 1.165) is 5.56 Å². The summed E-state index contributed by atoms with van der Waals surface area (Å²) in [6.45, 7) is 8.90. The van der Waals surface area contributed by atoms with Crippen molar-refractivity contribution in [2.45, 2.75) is 53.9 Å². The van der Waals surface area contributed by atoms with Crippen LogP contribution in [-0.2, 0) is 16.0 Å². The third-order valence-corrected chi connectivity index (χ3v) is 5.32. The molecule has 0 aromatic heterocycles. The van der Waals surface area contributed by atoms with Crippen molar-refractivity contribution in [3.63, 3.8) is 0 Å². The molecule has 23 heavy (non-hydrogen) atoms. The highest BCUT2D eigenvalue weighted by atomic mass is 16.4. The molecule has 0 amide bonds. The van der Waals surface area contributed by atoms with Crippen LogP contribution in [-0.4, -0.2) is 22.2 Å². The minimum atomic E-state index is -1.41. The molecule has 2 N–H and O–H groups in total. The van der Waals surface area contributed by atoms with Gasteiger partial charge in [0.25, 0.3) is 0 Å². The molecule has 128 valence electrons. The second kappa shape index (κ2) is 6.73. The Morgan fingerprint density at radius 1 is 0.957 bits per heavy atom. The molecule has 4 nitrogen and oxygen atoms in total. The summed E-state index contributed by atoms with van der Waals surface area (Å²) in [7, 11) is 0. The fourth-order valence-electron chi connectivity index (χ4n) is 3.53. The average Bonchev–Trinajstić information content (AvgIpc) is 2.45. The van der Waals surface area contributed by atoms with Gasteiger partial charge in [0.05, 0.1) is 10.8 Å². The van der Waals surface area contributed by atoms with Crippen LogP contribution in [0.4, 0.5) is 0 Å². The lowest BCUT2D eigenvalue weighted by Gasteiger charge is -2.50. The molecule has 2 unspecified atom stereocenters. The molecule has 2 atom stereocenters. The molecule has 0 radical (unpaired) electrons. The van der Waals surface area contributed by atoms with Crippen molar-refractivity contribution in [2.24, 2.45) is 16.2 Å². The first-order valence-corrected chi connectivity index (χ1v) is 8.03. The van der Waals surface area contributed by atoms with Crippen molar-refractivity contribution >= 4 is 11.9 Å². The number of carbonyl (C=O) groups is 2. The molecule has 0 aliphatic rings. The summed E-state index contributed by atoms with van der Waals surface area (Å²) in [5.74, 6) is -2.10. The van der Waals surface area contributed by atoms with Crippen LogP contribution >= 0.6 is 0 Å². The Morgan fingerprint density at radius 3 is 1.83 bits per heavy atom. The van der Waals surface area contributed by atoms with Crippen LogP contribution in [0.5, 0.6) is 0 Å². The zero-order valence-corrected chi connectivity index (χ0v) is 14.7. The summed E-state index contributed by atoms with van der Waals surface area (Å²) < 4.78 is 0. The molecular weight excluding hydrogens is 292 g/mol. The smallest absolute Gasteiger partial charge is 0.311 e. The van der Waals surface area contributed by atoms with E-state index >= 15 is 0 Å². The molecule has 0 spiro atoms. The van der Waals surface area contributed by atoms with E-state index in [4.69, 9.17) is 0 Å². The van der Waals surface area contributed by atoms with Gasteiger partial charge in [0.2, 0.25) is 0 Å². The van der Waals surface area contributed by atoms with Crippen LogP contribution in [0.15, 0.2) is 30.3 Å². The van der Waals surface area contributed by atoms with Gasteiger partial charge >= 0.3 is 11.9 Å². The zero-order chi connectivity index (χ0) is 17.9. The first kappa shape index (κ1) is 19.2. The summed E-state index contributed by atoms with van der Waals surface area (Å²) in [6, 6.07) is 9.29. The van der Waals surface area contributed by atoms with Gasteiger partial charge in [-0.2, -0.15) is 0 Å². The summed E-state index contributed by atoms with van der Waals surface area (Å²) in [4.78, 5) is 24.6. The van der Waals surface area contributed by atoms with Crippen molar-refractivity contribution < 1.29 is 19.8 Å². The Balaban J connectivity index is 3.61. The number of carboxylic acid groups (broad SMARTS) is 2.